The minimum Gasteiger partial charge on any atom is -0.256 e. The second-order valence-corrected chi connectivity index (χ2v) is 7.08. The first-order valence-electron chi connectivity index (χ1n) is 9.13. The van der Waals surface area contributed by atoms with E-state index in [2.05, 4.69) is 93.7 Å². The lowest BCUT2D eigenvalue weighted by atomic mass is 9.94. The first kappa shape index (κ1) is 16.5. The number of allylic oxidation sites excluding steroid dienone is 4. The summed E-state index contributed by atoms with van der Waals surface area (Å²) in [5, 5.41) is 2.51. The van der Waals surface area contributed by atoms with Gasteiger partial charge in [-0.1, -0.05) is 72.3 Å². The normalized spacial score (nSPS) is 13.7. The highest BCUT2D eigenvalue weighted by molar-refractivity contribution is 6.05. The van der Waals surface area contributed by atoms with Gasteiger partial charge in [0, 0.05) is 11.8 Å². The second kappa shape index (κ2) is 6.76. The summed E-state index contributed by atoms with van der Waals surface area (Å²) < 4.78 is 0. The molecule has 0 atom stereocenters. The summed E-state index contributed by atoms with van der Waals surface area (Å²) in [4.78, 5) is 4.93. The van der Waals surface area contributed by atoms with Crippen molar-refractivity contribution >= 4 is 28.2 Å². The zero-order chi connectivity index (χ0) is 18.1. The van der Waals surface area contributed by atoms with Gasteiger partial charge in [0.25, 0.3) is 0 Å². The Balaban J connectivity index is 1.89. The molecule has 0 saturated heterocycles. The lowest BCUT2D eigenvalue weighted by Gasteiger charge is -2.12. The van der Waals surface area contributed by atoms with E-state index in [1.165, 1.54) is 44.2 Å². The Labute approximate surface area is 155 Å². The highest BCUT2D eigenvalue weighted by Crippen LogP contribution is 2.31. The molecule has 128 valence electrons. The van der Waals surface area contributed by atoms with E-state index in [4.69, 9.17) is 4.99 Å². The fourth-order valence-corrected chi connectivity index (χ4v) is 3.87. The number of benzene rings is 3. The Kier molecular flexibility index (Phi) is 4.30. The molecule has 0 N–H and O–H groups in total. The lowest BCUT2D eigenvalue weighted by molar-refractivity contribution is 1.29. The molecule has 0 aliphatic heterocycles. The zero-order valence-electron chi connectivity index (χ0n) is 15.6. The Morgan fingerprint density at radius 3 is 2.42 bits per heavy atom. The first-order valence-corrected chi connectivity index (χ1v) is 9.13. The van der Waals surface area contributed by atoms with Gasteiger partial charge >= 0.3 is 0 Å². The molecule has 0 amide bonds. The van der Waals surface area contributed by atoms with Crippen molar-refractivity contribution in [2.75, 3.05) is 0 Å². The predicted octanol–water partition coefficient (Wildman–Crippen LogP) is 6.86. The van der Waals surface area contributed by atoms with Crippen LogP contribution in [-0.2, 0) is 0 Å². The first-order chi connectivity index (χ1) is 12.6. The van der Waals surface area contributed by atoms with Gasteiger partial charge in [-0.05, 0) is 60.2 Å². The smallest absolute Gasteiger partial charge is 0.0688 e. The molecule has 0 bridgehead atoms. The maximum atomic E-state index is 4.93. The molecule has 4 rings (SSSR count). The van der Waals surface area contributed by atoms with Gasteiger partial charge in [0.05, 0.1) is 5.69 Å². The molecule has 0 spiro atoms. The van der Waals surface area contributed by atoms with Crippen molar-refractivity contribution in [2.45, 2.75) is 27.2 Å². The lowest BCUT2D eigenvalue weighted by Crippen LogP contribution is -1.94. The number of nitrogens with zero attached hydrogens (tertiary/aromatic N) is 1. The van der Waals surface area contributed by atoms with Crippen LogP contribution in [-0.4, -0.2) is 6.21 Å². The fraction of sp³-hybridized carbons (Fsp3) is 0.160. The van der Waals surface area contributed by atoms with Crippen molar-refractivity contribution in [3.8, 4) is 0 Å². The van der Waals surface area contributed by atoms with Gasteiger partial charge in [-0.25, -0.2) is 0 Å². The number of hydrogen-bond acceptors (Lipinski definition) is 1. The largest absolute Gasteiger partial charge is 0.256 e. The highest BCUT2D eigenvalue weighted by atomic mass is 14.7. The van der Waals surface area contributed by atoms with Crippen molar-refractivity contribution in [3.63, 3.8) is 0 Å². The topological polar surface area (TPSA) is 12.4 Å². The summed E-state index contributed by atoms with van der Waals surface area (Å²) in [7, 11) is 0. The van der Waals surface area contributed by atoms with Gasteiger partial charge in [-0.15, -0.1) is 0 Å². The summed E-state index contributed by atoms with van der Waals surface area (Å²) in [6.07, 6.45) is 9.60. The van der Waals surface area contributed by atoms with Crippen LogP contribution >= 0.6 is 0 Å². The third kappa shape index (κ3) is 3.01. The van der Waals surface area contributed by atoms with Gasteiger partial charge < -0.3 is 0 Å². The van der Waals surface area contributed by atoms with Crippen molar-refractivity contribution in [1.82, 2.24) is 0 Å². The van der Waals surface area contributed by atoms with E-state index in [-0.39, 0.29) is 0 Å². The van der Waals surface area contributed by atoms with E-state index in [9.17, 15) is 0 Å². The van der Waals surface area contributed by atoms with Gasteiger partial charge in [-0.2, -0.15) is 0 Å². The molecule has 1 aliphatic carbocycles. The van der Waals surface area contributed by atoms with E-state index < -0.39 is 0 Å². The molecule has 1 aliphatic rings. The fourth-order valence-electron chi connectivity index (χ4n) is 3.87. The van der Waals surface area contributed by atoms with E-state index in [0.717, 1.165) is 12.1 Å². The average molecular weight is 337 g/mol. The Hall–Kier alpha value is -2.93. The van der Waals surface area contributed by atoms with E-state index in [0.29, 0.717) is 0 Å². The standard InChI is InChI=1S/C25H23N/c1-17-14-18(2)25(19(3)15-17)26-16-24-22-11-7-6-10-21(22)12-13-23(24)20-8-4-5-9-20/h4-8,10-16H,9H2,1-3H3/b26-16+. The van der Waals surface area contributed by atoms with Crippen LogP contribution in [0.25, 0.3) is 16.3 Å². The summed E-state index contributed by atoms with van der Waals surface area (Å²) in [5.74, 6) is 0. The number of aliphatic imine (C=N–C) groups is 1. The summed E-state index contributed by atoms with van der Waals surface area (Å²) >= 11 is 0. The van der Waals surface area contributed by atoms with Crippen molar-refractivity contribution in [1.29, 1.82) is 0 Å². The molecule has 0 saturated carbocycles. The minimum absolute atomic E-state index is 0.988. The van der Waals surface area contributed by atoms with Gasteiger partial charge in [0.2, 0.25) is 0 Å². The molecule has 1 heteroatoms. The van der Waals surface area contributed by atoms with Gasteiger partial charge in [-0.3, -0.25) is 4.99 Å². The van der Waals surface area contributed by atoms with Crippen LogP contribution in [0.2, 0.25) is 0 Å². The maximum Gasteiger partial charge on any atom is 0.0688 e. The molecule has 1 nitrogen and oxygen atoms in total. The molecular formula is C25H23N. The Bertz CT molecular complexity index is 1060. The number of rotatable bonds is 3. The molecule has 26 heavy (non-hydrogen) atoms. The molecular weight excluding hydrogens is 314 g/mol. The van der Waals surface area contributed by atoms with Crippen LogP contribution in [0.5, 0.6) is 0 Å². The molecule has 3 aromatic carbocycles. The van der Waals surface area contributed by atoms with Gasteiger partial charge in [0.15, 0.2) is 0 Å². The monoisotopic (exact) mass is 337 g/mol. The zero-order valence-corrected chi connectivity index (χ0v) is 15.6. The average Bonchev–Trinajstić information content (AvgIpc) is 3.15. The van der Waals surface area contributed by atoms with Crippen LogP contribution in [0.3, 0.4) is 0 Å². The molecule has 0 fully saturated rings. The van der Waals surface area contributed by atoms with Gasteiger partial charge in [0.1, 0.15) is 0 Å². The molecule has 0 heterocycles. The number of fused-ring (bicyclic) bond motifs is 1. The summed E-state index contributed by atoms with van der Waals surface area (Å²) in [5.41, 5.74) is 8.65. The summed E-state index contributed by atoms with van der Waals surface area (Å²) in [6, 6.07) is 17.4. The van der Waals surface area contributed by atoms with E-state index in [1.54, 1.807) is 0 Å². The Morgan fingerprint density at radius 2 is 1.69 bits per heavy atom. The van der Waals surface area contributed by atoms with Crippen LogP contribution in [0.4, 0.5) is 5.69 Å². The maximum absolute atomic E-state index is 4.93. The van der Waals surface area contributed by atoms with Crippen LogP contribution < -0.4 is 0 Å². The molecule has 0 aromatic heterocycles. The SMILES string of the molecule is Cc1cc(C)c(/N=C/c2c(C3=CC=CC3)ccc3ccccc23)c(C)c1. The third-order valence-corrected chi connectivity index (χ3v) is 5.05. The highest BCUT2D eigenvalue weighted by Gasteiger charge is 2.11. The third-order valence-electron chi connectivity index (χ3n) is 5.05. The number of hydrogen-bond donors (Lipinski definition) is 0. The van der Waals surface area contributed by atoms with E-state index in [1.807, 2.05) is 0 Å². The second-order valence-electron chi connectivity index (χ2n) is 7.08. The molecule has 0 unspecified atom stereocenters. The summed E-state index contributed by atoms with van der Waals surface area (Å²) in [6.45, 7) is 6.41. The van der Waals surface area contributed by atoms with Crippen LogP contribution in [0.15, 0.2) is 71.8 Å². The van der Waals surface area contributed by atoms with Crippen molar-refractivity contribution < 1.29 is 0 Å². The van der Waals surface area contributed by atoms with Crippen molar-refractivity contribution in [3.05, 3.63) is 94.6 Å². The van der Waals surface area contributed by atoms with Crippen LogP contribution in [0, 0.1) is 20.8 Å². The quantitative estimate of drug-likeness (QED) is 0.463. The minimum atomic E-state index is 0.988. The van der Waals surface area contributed by atoms with Crippen molar-refractivity contribution in [2.24, 2.45) is 4.99 Å². The van der Waals surface area contributed by atoms with Crippen LogP contribution in [0.1, 0.15) is 34.2 Å². The Morgan fingerprint density at radius 1 is 0.923 bits per heavy atom. The molecule has 0 radical (unpaired) electrons. The molecule has 3 aromatic rings. The predicted molar refractivity (Wildman–Crippen MR) is 114 cm³/mol. The van der Waals surface area contributed by atoms with E-state index >= 15 is 0 Å². The number of aryl methyl sites for hydroxylation is 3.